The van der Waals surface area contributed by atoms with Gasteiger partial charge in [0.25, 0.3) is 0 Å². The van der Waals surface area contributed by atoms with Gasteiger partial charge in [0.05, 0.1) is 6.26 Å². The van der Waals surface area contributed by atoms with Gasteiger partial charge in [0, 0.05) is 30.2 Å². The van der Waals surface area contributed by atoms with E-state index in [9.17, 15) is 0 Å². The maximum Gasteiger partial charge on any atom is 0.136 e. The van der Waals surface area contributed by atoms with Gasteiger partial charge in [0.15, 0.2) is 0 Å². The molecule has 0 saturated heterocycles. The highest BCUT2D eigenvalue weighted by molar-refractivity contribution is 5.81. The van der Waals surface area contributed by atoms with Gasteiger partial charge >= 0.3 is 0 Å². The smallest absolute Gasteiger partial charge is 0.136 e. The summed E-state index contributed by atoms with van der Waals surface area (Å²) in [5.74, 6) is 0.638. The Morgan fingerprint density at radius 1 is 1.05 bits per heavy atom. The molecule has 5 nitrogen and oxygen atoms in total. The van der Waals surface area contributed by atoms with E-state index in [0.29, 0.717) is 35.5 Å². The van der Waals surface area contributed by atoms with Crippen LogP contribution >= 0.6 is 0 Å². The third-order valence-corrected chi connectivity index (χ3v) is 3.14. The van der Waals surface area contributed by atoms with Gasteiger partial charge in [-0.1, -0.05) is 0 Å². The zero-order chi connectivity index (χ0) is 13.8. The molecule has 1 heterocycles. The number of nitrogen functional groups attached to an aromatic ring is 2. The van der Waals surface area contributed by atoms with E-state index in [1.54, 1.807) is 24.5 Å². The molecule has 19 heavy (non-hydrogen) atoms. The molecule has 2 rings (SSSR count). The Morgan fingerprint density at radius 3 is 2.32 bits per heavy atom. The Labute approximate surface area is 111 Å². The summed E-state index contributed by atoms with van der Waals surface area (Å²) in [5, 5.41) is 18.3. The molecule has 0 fully saturated rings. The Balaban J connectivity index is 2.59. The summed E-state index contributed by atoms with van der Waals surface area (Å²) in [6.07, 6.45) is 2.39. The van der Waals surface area contributed by atoms with Crippen LogP contribution in [0.4, 0.5) is 11.4 Å². The molecule has 0 amide bonds. The minimum atomic E-state index is -0.0241. The molecule has 0 atom stereocenters. The maximum absolute atomic E-state index is 9.17. The molecule has 6 N–H and O–H groups in total. The molecule has 0 aliphatic heterocycles. The molecule has 102 valence electrons. The van der Waals surface area contributed by atoms with Crippen molar-refractivity contribution in [2.75, 3.05) is 24.7 Å². The molecule has 2 aromatic rings. The second-order valence-electron chi connectivity index (χ2n) is 4.31. The Morgan fingerprint density at radius 2 is 1.74 bits per heavy atom. The second-order valence-corrected chi connectivity index (χ2v) is 4.31. The van der Waals surface area contributed by atoms with E-state index in [4.69, 9.17) is 26.1 Å². The predicted octanol–water partition coefficient (Wildman–Crippen LogP) is 1.18. The lowest BCUT2D eigenvalue weighted by molar-refractivity contribution is 0.293. The summed E-state index contributed by atoms with van der Waals surface area (Å²) in [4.78, 5) is 0. The van der Waals surface area contributed by atoms with Crippen LogP contribution in [-0.4, -0.2) is 23.4 Å². The third-order valence-electron chi connectivity index (χ3n) is 3.14. The average molecular weight is 262 g/mol. The molecular weight excluding hydrogens is 244 g/mol. The van der Waals surface area contributed by atoms with E-state index < -0.39 is 0 Å². The first-order valence-corrected chi connectivity index (χ1v) is 6.14. The van der Waals surface area contributed by atoms with Crippen LogP contribution in [0.3, 0.4) is 0 Å². The van der Waals surface area contributed by atoms with Crippen molar-refractivity contribution in [3.8, 4) is 11.3 Å². The van der Waals surface area contributed by atoms with Crippen LogP contribution in [0, 0.1) is 0 Å². The van der Waals surface area contributed by atoms with E-state index in [2.05, 4.69) is 0 Å². The maximum atomic E-state index is 9.17. The SMILES string of the molecule is Nc1cc(-c2ccco2)c(N)c(CCO)c1CCO. The first-order chi connectivity index (χ1) is 9.19. The molecule has 1 aromatic heterocycles. The topological polar surface area (TPSA) is 106 Å². The molecule has 0 aliphatic carbocycles. The zero-order valence-corrected chi connectivity index (χ0v) is 10.6. The number of hydrogen-bond acceptors (Lipinski definition) is 5. The van der Waals surface area contributed by atoms with Gasteiger partial charge in [-0.2, -0.15) is 0 Å². The highest BCUT2D eigenvalue weighted by Gasteiger charge is 2.16. The number of anilines is 2. The van der Waals surface area contributed by atoms with Crippen molar-refractivity contribution < 1.29 is 14.6 Å². The largest absolute Gasteiger partial charge is 0.464 e. The summed E-state index contributed by atoms with van der Waals surface area (Å²) in [6, 6.07) is 5.33. The first-order valence-electron chi connectivity index (χ1n) is 6.14. The fourth-order valence-electron chi connectivity index (χ4n) is 2.26. The van der Waals surface area contributed by atoms with Gasteiger partial charge in [-0.25, -0.2) is 0 Å². The van der Waals surface area contributed by atoms with Crippen molar-refractivity contribution in [3.63, 3.8) is 0 Å². The van der Waals surface area contributed by atoms with Crippen molar-refractivity contribution in [3.05, 3.63) is 35.6 Å². The monoisotopic (exact) mass is 262 g/mol. The summed E-state index contributed by atoms with van der Waals surface area (Å²) >= 11 is 0. The predicted molar refractivity (Wildman–Crippen MR) is 74.5 cm³/mol. The standard InChI is InChI=1S/C14H18N2O3/c15-12-8-11(13-2-1-7-19-13)14(16)10(4-6-18)9(12)3-5-17/h1-2,7-8,17-18H,3-6,15-16H2. The summed E-state index contributed by atoms with van der Waals surface area (Å²) in [5.41, 5.74) is 15.6. The molecule has 0 saturated carbocycles. The number of rotatable bonds is 5. The number of nitrogens with two attached hydrogens (primary N) is 2. The quantitative estimate of drug-likeness (QED) is 0.605. The number of furan rings is 1. The Kier molecular flexibility index (Phi) is 4.09. The van der Waals surface area contributed by atoms with Gasteiger partial charge in [-0.05, 0) is 42.2 Å². The number of benzene rings is 1. The minimum absolute atomic E-state index is 0.0117. The Bertz CT molecular complexity index is 550. The average Bonchev–Trinajstić information content (AvgIpc) is 2.91. The van der Waals surface area contributed by atoms with E-state index in [0.717, 1.165) is 11.1 Å². The fraction of sp³-hybridized carbons (Fsp3) is 0.286. The molecule has 0 bridgehead atoms. The Hall–Kier alpha value is -1.98. The van der Waals surface area contributed by atoms with E-state index in [1.807, 2.05) is 0 Å². The van der Waals surface area contributed by atoms with Gasteiger partial charge in [-0.3, -0.25) is 0 Å². The normalized spacial score (nSPS) is 10.8. The lowest BCUT2D eigenvalue weighted by Crippen LogP contribution is -2.09. The number of hydrogen-bond donors (Lipinski definition) is 4. The van der Waals surface area contributed by atoms with Crippen LogP contribution in [0.2, 0.25) is 0 Å². The third kappa shape index (κ3) is 2.57. The highest BCUT2D eigenvalue weighted by Crippen LogP contribution is 2.35. The highest BCUT2D eigenvalue weighted by atomic mass is 16.3. The summed E-state index contributed by atoms with van der Waals surface area (Å²) in [7, 11) is 0. The lowest BCUT2D eigenvalue weighted by Gasteiger charge is -2.16. The van der Waals surface area contributed by atoms with Crippen molar-refractivity contribution >= 4 is 11.4 Å². The van der Waals surface area contributed by atoms with Crippen LogP contribution in [0.1, 0.15) is 11.1 Å². The van der Waals surface area contributed by atoms with E-state index in [-0.39, 0.29) is 13.2 Å². The number of aliphatic hydroxyl groups excluding tert-OH is 2. The van der Waals surface area contributed by atoms with E-state index in [1.165, 1.54) is 0 Å². The summed E-state index contributed by atoms with van der Waals surface area (Å²) in [6.45, 7) is -0.0359. The second kappa shape index (κ2) is 5.77. The molecular formula is C14H18N2O3. The molecule has 5 heteroatoms. The van der Waals surface area contributed by atoms with Crippen LogP contribution in [0.25, 0.3) is 11.3 Å². The number of aliphatic hydroxyl groups is 2. The van der Waals surface area contributed by atoms with E-state index >= 15 is 0 Å². The van der Waals surface area contributed by atoms with Gasteiger partial charge < -0.3 is 26.1 Å². The zero-order valence-electron chi connectivity index (χ0n) is 10.6. The van der Waals surface area contributed by atoms with Crippen molar-refractivity contribution in [1.29, 1.82) is 0 Å². The molecule has 0 spiro atoms. The fourth-order valence-corrected chi connectivity index (χ4v) is 2.26. The molecule has 0 aliphatic rings. The van der Waals surface area contributed by atoms with Crippen LogP contribution in [0.5, 0.6) is 0 Å². The minimum Gasteiger partial charge on any atom is -0.464 e. The van der Waals surface area contributed by atoms with Crippen LogP contribution in [0.15, 0.2) is 28.9 Å². The van der Waals surface area contributed by atoms with Gasteiger partial charge in [0.2, 0.25) is 0 Å². The van der Waals surface area contributed by atoms with Gasteiger partial charge in [0.1, 0.15) is 5.76 Å². The van der Waals surface area contributed by atoms with Crippen molar-refractivity contribution in [1.82, 2.24) is 0 Å². The molecule has 1 aromatic carbocycles. The molecule has 0 unspecified atom stereocenters. The van der Waals surface area contributed by atoms with Crippen LogP contribution in [-0.2, 0) is 12.8 Å². The first kappa shape index (κ1) is 13.5. The van der Waals surface area contributed by atoms with Crippen molar-refractivity contribution in [2.24, 2.45) is 0 Å². The lowest BCUT2D eigenvalue weighted by atomic mass is 9.94. The van der Waals surface area contributed by atoms with Crippen molar-refractivity contribution in [2.45, 2.75) is 12.8 Å². The summed E-state index contributed by atoms with van der Waals surface area (Å²) < 4.78 is 5.34. The molecule has 0 radical (unpaired) electrons. The van der Waals surface area contributed by atoms with Gasteiger partial charge in [-0.15, -0.1) is 0 Å². The van der Waals surface area contributed by atoms with Crippen LogP contribution < -0.4 is 11.5 Å².